The summed E-state index contributed by atoms with van der Waals surface area (Å²) in [7, 11) is 1.74. The predicted octanol–water partition coefficient (Wildman–Crippen LogP) is 2.57. The van der Waals surface area contributed by atoms with E-state index in [2.05, 4.69) is 19.2 Å². The Morgan fingerprint density at radius 3 is 2.58 bits per heavy atom. The quantitative estimate of drug-likeness (QED) is 0.890. The topological polar surface area (TPSA) is 32.3 Å². The van der Waals surface area contributed by atoms with Crippen LogP contribution >= 0.6 is 0 Å². The first-order chi connectivity index (χ1) is 8.92. The van der Waals surface area contributed by atoms with E-state index in [1.54, 1.807) is 24.1 Å². The Hall–Kier alpha value is -1.42. The molecule has 1 aliphatic heterocycles. The maximum atomic E-state index is 12.9. The average molecular weight is 264 g/mol. The Morgan fingerprint density at radius 1 is 1.37 bits per heavy atom. The molecule has 1 aliphatic rings. The molecule has 1 unspecified atom stereocenters. The van der Waals surface area contributed by atoms with Crippen LogP contribution in [0.4, 0.5) is 10.1 Å². The molecular formula is C15H21FN2O. The summed E-state index contributed by atoms with van der Waals surface area (Å²) in [6, 6.07) is 5.82. The highest BCUT2D eigenvalue weighted by atomic mass is 19.1. The minimum atomic E-state index is -0.291. The lowest BCUT2D eigenvalue weighted by Gasteiger charge is -2.40. The Kier molecular flexibility index (Phi) is 3.90. The van der Waals surface area contributed by atoms with E-state index in [9.17, 15) is 9.18 Å². The van der Waals surface area contributed by atoms with Gasteiger partial charge in [0.2, 0.25) is 5.91 Å². The fourth-order valence-corrected chi connectivity index (χ4v) is 2.62. The first kappa shape index (κ1) is 14.0. The summed E-state index contributed by atoms with van der Waals surface area (Å²) in [6.45, 7) is 5.09. The highest BCUT2D eigenvalue weighted by Gasteiger charge is 2.38. The number of hydrogen-bond donors (Lipinski definition) is 1. The van der Waals surface area contributed by atoms with Crippen molar-refractivity contribution in [3.63, 3.8) is 0 Å². The van der Waals surface area contributed by atoms with E-state index in [4.69, 9.17) is 0 Å². The van der Waals surface area contributed by atoms with Crippen molar-refractivity contribution in [1.82, 2.24) is 5.32 Å². The minimum absolute atomic E-state index is 0.0382. The Labute approximate surface area is 113 Å². The zero-order valence-corrected chi connectivity index (χ0v) is 11.7. The first-order valence-electron chi connectivity index (χ1n) is 6.68. The second kappa shape index (κ2) is 5.29. The first-order valence-corrected chi connectivity index (χ1v) is 6.68. The number of carbonyl (C=O) groups excluding carboxylic acids is 1. The standard InChI is InChI=1S/C15H21FN2O/c1-15(2)9-4-10-17-13(15)14(19)18(3)12-7-5-11(16)6-8-12/h5-8,13,17H,4,9-10H2,1-3H3. The molecule has 1 N–H and O–H groups in total. The van der Waals surface area contributed by atoms with Crippen molar-refractivity contribution in [3.8, 4) is 0 Å². The van der Waals surface area contributed by atoms with Crippen molar-refractivity contribution in [3.05, 3.63) is 30.1 Å². The van der Waals surface area contributed by atoms with Gasteiger partial charge in [-0.3, -0.25) is 4.79 Å². The fraction of sp³-hybridized carbons (Fsp3) is 0.533. The van der Waals surface area contributed by atoms with E-state index >= 15 is 0 Å². The summed E-state index contributed by atoms with van der Waals surface area (Å²) in [6.07, 6.45) is 2.13. The molecule has 4 heteroatoms. The van der Waals surface area contributed by atoms with Crippen molar-refractivity contribution in [1.29, 1.82) is 0 Å². The minimum Gasteiger partial charge on any atom is -0.314 e. The summed E-state index contributed by atoms with van der Waals surface area (Å²) >= 11 is 0. The third kappa shape index (κ3) is 2.95. The number of nitrogens with zero attached hydrogens (tertiary/aromatic N) is 1. The van der Waals surface area contributed by atoms with Crippen LogP contribution in [0.25, 0.3) is 0 Å². The van der Waals surface area contributed by atoms with Gasteiger partial charge in [-0.2, -0.15) is 0 Å². The molecule has 104 valence electrons. The van der Waals surface area contributed by atoms with Crippen molar-refractivity contribution >= 4 is 11.6 Å². The van der Waals surface area contributed by atoms with Crippen LogP contribution in [0.3, 0.4) is 0 Å². The number of likely N-dealkylation sites (N-methyl/N-ethyl adjacent to an activating group) is 1. The maximum absolute atomic E-state index is 12.9. The normalized spacial score (nSPS) is 22.0. The van der Waals surface area contributed by atoms with Gasteiger partial charge in [0.25, 0.3) is 0 Å². The smallest absolute Gasteiger partial charge is 0.244 e. The number of carbonyl (C=O) groups is 1. The largest absolute Gasteiger partial charge is 0.314 e. The Bertz CT molecular complexity index is 456. The number of nitrogens with one attached hydrogen (secondary N) is 1. The molecule has 2 rings (SSSR count). The van der Waals surface area contributed by atoms with Gasteiger partial charge in [-0.05, 0) is 49.1 Å². The van der Waals surface area contributed by atoms with E-state index in [0.717, 1.165) is 25.1 Å². The molecule has 1 amide bonds. The van der Waals surface area contributed by atoms with E-state index in [0.29, 0.717) is 0 Å². The van der Waals surface area contributed by atoms with Gasteiger partial charge in [0.05, 0.1) is 6.04 Å². The highest BCUT2D eigenvalue weighted by molar-refractivity contribution is 5.97. The molecule has 0 spiro atoms. The molecule has 1 aromatic rings. The predicted molar refractivity (Wildman–Crippen MR) is 74.6 cm³/mol. The molecule has 0 aliphatic carbocycles. The molecule has 0 radical (unpaired) electrons. The molecule has 0 bridgehead atoms. The summed E-state index contributed by atoms with van der Waals surface area (Å²) in [4.78, 5) is 14.2. The molecule has 1 atom stereocenters. The second-order valence-electron chi connectivity index (χ2n) is 5.85. The summed E-state index contributed by atoms with van der Waals surface area (Å²) < 4.78 is 12.9. The molecule has 1 saturated heterocycles. The molecule has 1 aromatic carbocycles. The van der Waals surface area contributed by atoms with Gasteiger partial charge < -0.3 is 10.2 Å². The summed E-state index contributed by atoms with van der Waals surface area (Å²) in [5.41, 5.74) is 0.665. The number of piperidine rings is 1. The Balaban J connectivity index is 2.16. The van der Waals surface area contributed by atoms with Crippen molar-refractivity contribution < 1.29 is 9.18 Å². The average Bonchev–Trinajstić information content (AvgIpc) is 2.37. The van der Waals surface area contributed by atoms with Gasteiger partial charge in [0.15, 0.2) is 0 Å². The van der Waals surface area contributed by atoms with Crippen LogP contribution in [-0.2, 0) is 4.79 Å². The van der Waals surface area contributed by atoms with E-state index in [-0.39, 0.29) is 23.2 Å². The second-order valence-corrected chi connectivity index (χ2v) is 5.85. The molecule has 0 aromatic heterocycles. The Morgan fingerprint density at radius 2 is 2.00 bits per heavy atom. The van der Waals surface area contributed by atoms with Crippen molar-refractivity contribution in [2.75, 3.05) is 18.5 Å². The SMILES string of the molecule is CN(C(=O)C1NCCCC1(C)C)c1ccc(F)cc1. The monoisotopic (exact) mass is 264 g/mol. The molecule has 1 heterocycles. The number of rotatable bonds is 2. The van der Waals surface area contributed by atoms with Crippen molar-refractivity contribution in [2.45, 2.75) is 32.7 Å². The number of benzene rings is 1. The van der Waals surface area contributed by atoms with Crippen LogP contribution < -0.4 is 10.2 Å². The highest BCUT2D eigenvalue weighted by Crippen LogP contribution is 2.31. The van der Waals surface area contributed by atoms with Crippen LogP contribution in [0.2, 0.25) is 0 Å². The molecular weight excluding hydrogens is 243 g/mol. The van der Waals surface area contributed by atoms with Gasteiger partial charge in [0.1, 0.15) is 5.82 Å². The van der Waals surface area contributed by atoms with E-state index < -0.39 is 0 Å². The third-order valence-electron chi connectivity index (χ3n) is 3.92. The molecule has 19 heavy (non-hydrogen) atoms. The maximum Gasteiger partial charge on any atom is 0.244 e. The number of halogens is 1. The lowest BCUT2D eigenvalue weighted by atomic mass is 9.77. The number of amides is 1. The van der Waals surface area contributed by atoms with Crippen LogP contribution in [0.5, 0.6) is 0 Å². The van der Waals surface area contributed by atoms with Crippen LogP contribution in [0, 0.1) is 11.2 Å². The lowest BCUT2D eigenvalue weighted by molar-refractivity contribution is -0.123. The zero-order chi connectivity index (χ0) is 14.0. The van der Waals surface area contributed by atoms with Crippen LogP contribution in [0.15, 0.2) is 24.3 Å². The van der Waals surface area contributed by atoms with E-state index in [1.165, 1.54) is 12.1 Å². The van der Waals surface area contributed by atoms with Gasteiger partial charge in [-0.25, -0.2) is 4.39 Å². The van der Waals surface area contributed by atoms with E-state index in [1.807, 2.05) is 0 Å². The zero-order valence-electron chi connectivity index (χ0n) is 11.7. The molecule has 0 saturated carbocycles. The number of hydrogen-bond acceptors (Lipinski definition) is 2. The lowest BCUT2D eigenvalue weighted by Crippen LogP contribution is -2.56. The third-order valence-corrected chi connectivity index (χ3v) is 3.92. The van der Waals surface area contributed by atoms with Crippen molar-refractivity contribution in [2.24, 2.45) is 5.41 Å². The summed E-state index contributed by atoms with van der Waals surface area (Å²) in [5.74, 6) is -0.253. The fourth-order valence-electron chi connectivity index (χ4n) is 2.62. The van der Waals surface area contributed by atoms with Gasteiger partial charge in [0, 0.05) is 12.7 Å². The molecule has 1 fully saturated rings. The van der Waals surface area contributed by atoms with Gasteiger partial charge in [-0.15, -0.1) is 0 Å². The van der Waals surface area contributed by atoms with Crippen LogP contribution in [-0.4, -0.2) is 25.5 Å². The van der Waals surface area contributed by atoms with Gasteiger partial charge >= 0.3 is 0 Å². The van der Waals surface area contributed by atoms with Crippen LogP contribution in [0.1, 0.15) is 26.7 Å². The van der Waals surface area contributed by atoms with Gasteiger partial charge in [-0.1, -0.05) is 13.8 Å². The number of anilines is 1. The molecule has 3 nitrogen and oxygen atoms in total. The summed E-state index contributed by atoms with van der Waals surface area (Å²) in [5, 5.41) is 3.31.